The molecule has 0 saturated carbocycles. The average Bonchev–Trinajstić information content (AvgIpc) is 2.46. The molecule has 0 atom stereocenters. The number of rotatable bonds is 11. The molecule has 0 rings (SSSR count). The Balaban J connectivity index is -0.000000227. The number of nitrogens with one attached hydrogen (secondary N) is 1. The summed E-state index contributed by atoms with van der Waals surface area (Å²) in [5, 5.41) is 38.0. The fourth-order valence-electron chi connectivity index (χ4n) is 1.46. The van der Waals surface area contributed by atoms with Crippen molar-refractivity contribution in [2.24, 2.45) is 0 Å². The van der Waals surface area contributed by atoms with Crippen molar-refractivity contribution in [3.05, 3.63) is 4.91 Å². The van der Waals surface area contributed by atoms with Gasteiger partial charge in [0, 0.05) is 26.2 Å². The van der Waals surface area contributed by atoms with E-state index in [9.17, 15) is 29.4 Å². The Hall–Kier alpha value is 1.59. The molecular weight excluding hydrogens is 521 g/mol. The summed E-state index contributed by atoms with van der Waals surface area (Å²) in [6, 6.07) is 0. The third-order valence-electron chi connectivity index (χ3n) is 2.16. The molecule has 0 heterocycles. The number of carbonyl (C=O) groups is 4. The zero-order valence-electron chi connectivity index (χ0n) is 14.1. The van der Waals surface area contributed by atoms with Gasteiger partial charge in [0.25, 0.3) is 0 Å². The fourth-order valence-corrected chi connectivity index (χ4v) is 1.46. The van der Waals surface area contributed by atoms with Gasteiger partial charge in [-0.05, 0) is 0 Å². The molecule has 0 saturated heterocycles. The van der Waals surface area contributed by atoms with Gasteiger partial charge >= 0.3 is 142 Å². The summed E-state index contributed by atoms with van der Waals surface area (Å²) in [7, 11) is 4.57. The molecule has 12 nitrogen and oxygen atoms in total. The van der Waals surface area contributed by atoms with Crippen molar-refractivity contribution in [1.29, 1.82) is 5.59 Å². The maximum Gasteiger partial charge on any atom is 1.00 e. The Morgan fingerprint density at radius 2 is 1.00 bits per heavy atom. The normalized spacial score (nSPS) is 8.62. The Morgan fingerprint density at radius 3 is 1.15 bits per heavy atom. The van der Waals surface area contributed by atoms with Crippen molar-refractivity contribution in [2.75, 3.05) is 39.3 Å². The topological polar surface area (TPSA) is 202 Å². The van der Waals surface area contributed by atoms with E-state index >= 15 is 0 Å². The summed E-state index contributed by atoms with van der Waals surface area (Å²) in [6.45, 7) is -2.75. The van der Waals surface area contributed by atoms with Crippen LogP contribution in [0.4, 0.5) is 0 Å². The molecule has 0 aromatic heterocycles. The number of hydrogen-bond acceptors (Lipinski definition) is 10. The number of carbonyl (C=O) groups excluding carboxylic acids is 2. The molecule has 16 heteroatoms. The average molecular weight is 536 g/mol. The minimum Gasteiger partial charge on any atom is 1.00 e. The Kier molecular flexibility index (Phi) is 39.1. The molecule has 0 spiro atoms. The van der Waals surface area contributed by atoms with Gasteiger partial charge in [0.1, 0.15) is 0 Å². The van der Waals surface area contributed by atoms with Crippen molar-refractivity contribution in [1.82, 2.24) is 9.80 Å². The molecule has 0 aromatic carbocycles. The molecule has 0 aliphatic carbocycles. The Bertz CT molecular complexity index is 355. The van der Waals surface area contributed by atoms with E-state index in [0.29, 0.717) is 0 Å². The van der Waals surface area contributed by atoms with Crippen LogP contribution in [0, 0.1) is 10.5 Å². The standard InChI is InChI=1S/C10H16N2O8.ClH.2K.HNO.Ru/c13-7(14)3-11(4-8(15)16)1-2-12(5-9(17)18)6-10(19)20;;;;1-2;/h1-6H2,(H,13,14)(H,15,16)(H,17,18)(H,19,20);1H;;;1H;/q;;2*+1;;+1/p-3. The van der Waals surface area contributed by atoms with Crippen LogP contribution in [0.3, 0.4) is 0 Å². The van der Waals surface area contributed by atoms with Gasteiger partial charge in [-0.1, -0.05) is 5.59 Å². The predicted molar refractivity (Wildman–Crippen MR) is 70.1 cm³/mol. The molecule has 3 N–H and O–H groups in total. The van der Waals surface area contributed by atoms with Gasteiger partial charge in [0.2, 0.25) is 0 Å². The molecule has 0 aliphatic heterocycles. The first-order valence-electron chi connectivity index (χ1n) is 5.82. The van der Waals surface area contributed by atoms with E-state index in [2.05, 4.69) is 15.3 Å². The molecule has 0 amide bonds. The van der Waals surface area contributed by atoms with Gasteiger partial charge in [0.15, 0.2) is 0 Å². The molecule has 0 aliphatic rings. The minimum absolute atomic E-state index is 0. The van der Waals surface area contributed by atoms with Gasteiger partial charge < -0.3 is 30.0 Å². The Morgan fingerprint density at radius 1 is 0.769 bits per heavy atom. The van der Waals surface area contributed by atoms with E-state index < -0.39 is 50.1 Å². The molecule has 0 unspecified atom stereocenters. The molecule has 0 radical (unpaired) electrons. The summed E-state index contributed by atoms with van der Waals surface area (Å²) in [5.74, 6) is -5.52. The first-order valence-corrected chi connectivity index (χ1v) is 8.06. The molecule has 0 aromatic rings. The van der Waals surface area contributed by atoms with Crippen LogP contribution >= 0.6 is 9.69 Å². The van der Waals surface area contributed by atoms with Crippen molar-refractivity contribution < 1.29 is 160 Å². The van der Waals surface area contributed by atoms with Crippen LogP contribution in [0.15, 0.2) is 0 Å². The molecule has 0 bridgehead atoms. The molecule has 0 fully saturated rings. The zero-order chi connectivity index (χ0) is 19.7. The van der Waals surface area contributed by atoms with Gasteiger partial charge in [0.05, 0.1) is 25.0 Å². The van der Waals surface area contributed by atoms with Crippen LogP contribution in [-0.4, -0.2) is 83.2 Å². The number of nitroso groups, excluding NO2 is 1. The number of carboxylic acid groups (broad SMARTS) is 4. The van der Waals surface area contributed by atoms with E-state index in [1.165, 1.54) is 0 Å². The van der Waals surface area contributed by atoms with Crippen molar-refractivity contribution in [2.45, 2.75) is 0 Å². The third-order valence-corrected chi connectivity index (χ3v) is 2.16. The maximum atomic E-state index is 10.5. The smallest absolute Gasteiger partial charge is 1.00 e. The summed E-state index contributed by atoms with van der Waals surface area (Å²) < 4.78 is 0. The van der Waals surface area contributed by atoms with Gasteiger partial charge in [-0.2, -0.15) is 4.91 Å². The van der Waals surface area contributed by atoms with Crippen LogP contribution in [0.1, 0.15) is 0 Å². The first-order chi connectivity index (χ1) is 11.2. The van der Waals surface area contributed by atoms with Gasteiger partial charge in [-0.3, -0.25) is 19.4 Å². The van der Waals surface area contributed by atoms with Crippen LogP contribution in [0.25, 0.3) is 0 Å². The van der Waals surface area contributed by atoms with E-state index in [-0.39, 0.29) is 116 Å². The molecule has 26 heavy (non-hydrogen) atoms. The third kappa shape index (κ3) is 30.3. The van der Waals surface area contributed by atoms with Crippen molar-refractivity contribution in [3.8, 4) is 0 Å². The second-order valence-electron chi connectivity index (χ2n) is 3.95. The second kappa shape index (κ2) is 26.6. The number of carboxylic acids is 4. The molecule has 141 valence electrons. The van der Waals surface area contributed by atoms with Crippen LogP contribution in [0.2, 0.25) is 0 Å². The van der Waals surface area contributed by atoms with E-state index in [1.807, 2.05) is 17.3 Å². The first kappa shape index (κ1) is 38.2. The quantitative estimate of drug-likeness (QED) is 0.167. The SMILES string of the molecule is N=O.O=C([O-])CN(CCN(CC(=O)[O-])CC(=O)O)CC(=O)O.[Cl][Ru].[K+].[K+]. The summed E-state index contributed by atoms with van der Waals surface area (Å²) in [4.78, 5) is 51.4. The van der Waals surface area contributed by atoms with Crippen LogP contribution in [-0.2, 0) is 36.5 Å². The van der Waals surface area contributed by atoms with Crippen LogP contribution in [0.5, 0.6) is 0 Å². The number of hydrogen-bond donors (Lipinski definition) is 3. The fraction of sp³-hybridized carbons (Fsp3) is 0.600. The predicted octanol–water partition coefficient (Wildman–Crippen LogP) is -9.71. The van der Waals surface area contributed by atoms with Crippen LogP contribution < -0.4 is 113 Å². The zero-order valence-corrected chi connectivity index (χ0v) is 22.9. The summed E-state index contributed by atoms with van der Waals surface area (Å²) >= 11 is 1.82. The second-order valence-corrected chi connectivity index (χ2v) is 3.95. The van der Waals surface area contributed by atoms with E-state index in [1.54, 1.807) is 0 Å². The summed E-state index contributed by atoms with van der Waals surface area (Å²) in [6.07, 6.45) is 0. The van der Waals surface area contributed by atoms with Gasteiger partial charge in [-0.15, -0.1) is 0 Å². The van der Waals surface area contributed by atoms with E-state index in [4.69, 9.17) is 15.1 Å². The monoisotopic (exact) mass is 536 g/mol. The van der Waals surface area contributed by atoms with Gasteiger partial charge in [-0.25, -0.2) is 0 Å². The maximum absolute atomic E-state index is 10.5. The molecular formula is C10H15ClK2N3O9Ru. The largest absolute Gasteiger partial charge is 1.00 e. The minimum atomic E-state index is -1.49. The van der Waals surface area contributed by atoms with Crippen molar-refractivity contribution >= 4 is 33.6 Å². The summed E-state index contributed by atoms with van der Waals surface area (Å²) in [5.41, 5.74) is 4.50. The number of nitrogens with zero attached hydrogens (tertiary/aromatic N) is 2. The van der Waals surface area contributed by atoms with Crippen molar-refractivity contribution in [3.63, 3.8) is 0 Å². The Labute approximate surface area is 248 Å². The van der Waals surface area contributed by atoms with E-state index in [0.717, 1.165) is 9.80 Å². The number of halogens is 1. The number of aliphatic carboxylic acids is 4.